The van der Waals surface area contributed by atoms with Crippen molar-refractivity contribution in [1.29, 1.82) is 0 Å². The topological polar surface area (TPSA) is 50.8 Å². The first-order valence-electron chi connectivity index (χ1n) is 8.02. The van der Waals surface area contributed by atoms with E-state index in [1.807, 2.05) is 6.92 Å². The lowest BCUT2D eigenvalue weighted by molar-refractivity contribution is -0.117. The van der Waals surface area contributed by atoms with E-state index in [4.69, 9.17) is 9.47 Å². The molecule has 1 atom stereocenters. The first-order valence-corrected chi connectivity index (χ1v) is 8.02. The molecule has 0 fully saturated rings. The fraction of sp³-hybridized carbons (Fsp3) is 0.316. The molecule has 0 aliphatic heterocycles. The van der Waals surface area contributed by atoms with Gasteiger partial charge in [0.2, 0.25) is 5.91 Å². The summed E-state index contributed by atoms with van der Waals surface area (Å²) in [4.78, 5) is 14.0. The predicted molar refractivity (Wildman–Crippen MR) is 95.6 cm³/mol. The van der Waals surface area contributed by atoms with E-state index in [2.05, 4.69) is 5.32 Å². The molecule has 7 heteroatoms. The van der Waals surface area contributed by atoms with Crippen molar-refractivity contribution in [2.75, 3.05) is 33.1 Å². The number of ether oxygens (including phenoxy) is 2. The van der Waals surface area contributed by atoms with Crippen molar-refractivity contribution in [2.45, 2.75) is 13.0 Å². The first-order chi connectivity index (χ1) is 12.3. The first kappa shape index (κ1) is 19.7. The smallest absolute Gasteiger partial charge is 0.238 e. The van der Waals surface area contributed by atoms with Crippen LogP contribution in [0.15, 0.2) is 36.4 Å². The Hall–Kier alpha value is -2.67. The molecule has 0 aliphatic carbocycles. The van der Waals surface area contributed by atoms with Gasteiger partial charge in [0.1, 0.15) is 0 Å². The van der Waals surface area contributed by atoms with Crippen LogP contribution < -0.4 is 14.8 Å². The number of carbonyl (C=O) groups is 1. The quantitative estimate of drug-likeness (QED) is 0.815. The van der Waals surface area contributed by atoms with Crippen LogP contribution in [0.2, 0.25) is 0 Å². The molecule has 5 nitrogen and oxygen atoms in total. The predicted octanol–water partition coefficient (Wildman–Crippen LogP) is 3.61. The second kappa shape index (κ2) is 8.62. The monoisotopic (exact) mass is 364 g/mol. The van der Waals surface area contributed by atoms with E-state index in [9.17, 15) is 13.6 Å². The number of nitrogens with zero attached hydrogens (tertiary/aromatic N) is 1. The van der Waals surface area contributed by atoms with Crippen LogP contribution in [-0.2, 0) is 4.79 Å². The number of anilines is 1. The van der Waals surface area contributed by atoms with Crippen molar-refractivity contribution in [1.82, 2.24) is 4.90 Å². The van der Waals surface area contributed by atoms with E-state index in [1.54, 1.807) is 30.1 Å². The molecule has 0 heterocycles. The van der Waals surface area contributed by atoms with Crippen molar-refractivity contribution in [2.24, 2.45) is 0 Å². The minimum Gasteiger partial charge on any atom is -0.493 e. The molecule has 1 amide bonds. The Bertz CT molecular complexity index is 783. The molecule has 140 valence electrons. The van der Waals surface area contributed by atoms with Crippen LogP contribution in [0.4, 0.5) is 14.5 Å². The highest BCUT2D eigenvalue weighted by Gasteiger charge is 2.17. The van der Waals surface area contributed by atoms with Gasteiger partial charge in [-0.05, 0) is 43.8 Å². The molecule has 1 unspecified atom stereocenters. The average molecular weight is 364 g/mol. The second-order valence-corrected chi connectivity index (χ2v) is 5.88. The van der Waals surface area contributed by atoms with E-state index in [-0.39, 0.29) is 18.5 Å². The van der Waals surface area contributed by atoms with Gasteiger partial charge in [-0.25, -0.2) is 8.78 Å². The fourth-order valence-corrected chi connectivity index (χ4v) is 2.50. The van der Waals surface area contributed by atoms with Crippen LogP contribution >= 0.6 is 0 Å². The number of likely N-dealkylation sites (N-methyl/N-ethyl adjacent to an activating group) is 1. The Morgan fingerprint density at radius 1 is 1.08 bits per heavy atom. The highest BCUT2D eigenvalue weighted by atomic mass is 19.2. The molecule has 26 heavy (non-hydrogen) atoms. The Morgan fingerprint density at radius 3 is 2.38 bits per heavy atom. The van der Waals surface area contributed by atoms with E-state index < -0.39 is 11.6 Å². The molecule has 0 radical (unpaired) electrons. The average Bonchev–Trinajstić information content (AvgIpc) is 2.63. The van der Waals surface area contributed by atoms with Gasteiger partial charge in [0.05, 0.1) is 20.8 Å². The van der Waals surface area contributed by atoms with Gasteiger partial charge in [-0.1, -0.05) is 6.07 Å². The van der Waals surface area contributed by atoms with E-state index >= 15 is 0 Å². The normalized spacial score (nSPS) is 12.0. The number of hydrogen-bond donors (Lipinski definition) is 1. The molecule has 0 bridgehead atoms. The molecule has 0 aromatic heterocycles. The highest BCUT2D eigenvalue weighted by Crippen LogP contribution is 2.29. The van der Waals surface area contributed by atoms with Gasteiger partial charge >= 0.3 is 0 Å². The molecule has 2 aromatic rings. The molecule has 2 aromatic carbocycles. The molecule has 0 saturated carbocycles. The summed E-state index contributed by atoms with van der Waals surface area (Å²) in [6.45, 7) is 1.89. The SMILES string of the molecule is COc1ccc(NC(=O)CN(C)C(C)c2ccc(F)c(F)c2)cc1OC. The molecule has 2 rings (SSSR count). The van der Waals surface area contributed by atoms with Gasteiger partial charge in [-0.15, -0.1) is 0 Å². The largest absolute Gasteiger partial charge is 0.493 e. The van der Waals surface area contributed by atoms with Gasteiger partial charge in [-0.3, -0.25) is 9.69 Å². The fourth-order valence-electron chi connectivity index (χ4n) is 2.50. The van der Waals surface area contributed by atoms with Gasteiger partial charge in [0.15, 0.2) is 23.1 Å². The summed E-state index contributed by atoms with van der Waals surface area (Å²) >= 11 is 0. The van der Waals surface area contributed by atoms with Gasteiger partial charge < -0.3 is 14.8 Å². The zero-order chi connectivity index (χ0) is 19.3. The van der Waals surface area contributed by atoms with Gasteiger partial charge in [-0.2, -0.15) is 0 Å². The third kappa shape index (κ3) is 4.70. The standard InChI is InChI=1S/C19H22F2N2O3/c1-12(13-5-7-15(20)16(21)9-13)23(2)11-19(24)22-14-6-8-17(25-3)18(10-14)26-4/h5-10,12H,11H2,1-4H3,(H,22,24). The Kier molecular flexibility index (Phi) is 6.52. The number of amides is 1. The van der Waals surface area contributed by atoms with Crippen molar-refractivity contribution in [3.8, 4) is 11.5 Å². The maximum Gasteiger partial charge on any atom is 0.238 e. The van der Waals surface area contributed by atoms with Crippen molar-refractivity contribution < 1.29 is 23.0 Å². The maximum atomic E-state index is 13.4. The maximum absolute atomic E-state index is 13.4. The summed E-state index contributed by atoms with van der Waals surface area (Å²) in [5.74, 6) is -0.968. The number of halogens is 2. The van der Waals surface area contributed by atoms with Crippen LogP contribution in [0.3, 0.4) is 0 Å². The minimum atomic E-state index is -0.905. The van der Waals surface area contributed by atoms with Crippen molar-refractivity contribution in [3.05, 3.63) is 53.6 Å². The lowest BCUT2D eigenvalue weighted by Crippen LogP contribution is -2.32. The van der Waals surface area contributed by atoms with E-state index in [0.29, 0.717) is 22.7 Å². The van der Waals surface area contributed by atoms with E-state index in [1.165, 1.54) is 20.3 Å². The number of methoxy groups -OCH3 is 2. The van der Waals surface area contributed by atoms with Crippen LogP contribution in [0, 0.1) is 11.6 Å². The number of hydrogen-bond acceptors (Lipinski definition) is 4. The summed E-state index contributed by atoms with van der Waals surface area (Å²) in [5, 5.41) is 2.78. The van der Waals surface area contributed by atoms with Crippen LogP contribution in [0.5, 0.6) is 11.5 Å². The highest BCUT2D eigenvalue weighted by molar-refractivity contribution is 5.92. The summed E-state index contributed by atoms with van der Waals surface area (Å²) < 4.78 is 36.8. The summed E-state index contributed by atoms with van der Waals surface area (Å²) in [6, 6.07) is 8.53. The Labute approximate surface area is 151 Å². The number of nitrogens with one attached hydrogen (secondary N) is 1. The summed E-state index contributed by atoms with van der Waals surface area (Å²) in [7, 11) is 4.78. The Morgan fingerprint density at radius 2 is 1.77 bits per heavy atom. The molecule has 0 spiro atoms. The molecule has 1 N–H and O–H groups in total. The van der Waals surface area contributed by atoms with Gasteiger partial charge in [0.25, 0.3) is 0 Å². The molecule has 0 saturated heterocycles. The van der Waals surface area contributed by atoms with Crippen molar-refractivity contribution in [3.63, 3.8) is 0 Å². The third-order valence-electron chi connectivity index (χ3n) is 4.15. The number of carbonyl (C=O) groups excluding carboxylic acids is 1. The van der Waals surface area contributed by atoms with Crippen molar-refractivity contribution >= 4 is 11.6 Å². The van der Waals surface area contributed by atoms with Gasteiger partial charge in [0, 0.05) is 17.8 Å². The lowest BCUT2D eigenvalue weighted by Gasteiger charge is -2.24. The van der Waals surface area contributed by atoms with Crippen LogP contribution in [-0.4, -0.2) is 38.6 Å². The zero-order valence-electron chi connectivity index (χ0n) is 15.2. The lowest BCUT2D eigenvalue weighted by atomic mass is 10.1. The van der Waals surface area contributed by atoms with Crippen LogP contribution in [0.25, 0.3) is 0 Å². The second-order valence-electron chi connectivity index (χ2n) is 5.88. The molecular weight excluding hydrogens is 342 g/mol. The molecule has 0 aliphatic rings. The summed E-state index contributed by atoms with van der Waals surface area (Å²) in [6.07, 6.45) is 0. The number of rotatable bonds is 7. The third-order valence-corrected chi connectivity index (χ3v) is 4.15. The number of benzene rings is 2. The minimum absolute atomic E-state index is 0.0779. The zero-order valence-corrected chi connectivity index (χ0v) is 15.2. The summed E-state index contributed by atoms with van der Waals surface area (Å²) in [5.41, 5.74) is 1.16. The molecular formula is C19H22F2N2O3. The van der Waals surface area contributed by atoms with E-state index in [0.717, 1.165) is 12.1 Å². The van der Waals surface area contributed by atoms with Crippen LogP contribution in [0.1, 0.15) is 18.5 Å². The Balaban J connectivity index is 2.01.